The third-order valence-electron chi connectivity index (χ3n) is 31.3. The second-order valence-corrected chi connectivity index (χ2v) is 39.6. The van der Waals surface area contributed by atoms with Gasteiger partial charge in [0.1, 0.15) is 0 Å². The van der Waals surface area contributed by atoms with E-state index in [1.807, 2.05) is 36.4 Å². The van der Waals surface area contributed by atoms with Gasteiger partial charge in [0.15, 0.2) is 17.5 Å². The molecule has 0 aliphatic heterocycles. The van der Waals surface area contributed by atoms with Gasteiger partial charge in [0.2, 0.25) is 0 Å². The van der Waals surface area contributed by atoms with Crippen molar-refractivity contribution < 1.29 is 0 Å². The predicted molar refractivity (Wildman–Crippen MR) is 642 cm³/mol. The molecule has 30 aromatic carbocycles. The molecular formula is C147H91N3. The van der Waals surface area contributed by atoms with Crippen LogP contribution in [0.25, 0.3) is 306 Å². The smallest absolute Gasteiger partial charge is 0.165 e. The van der Waals surface area contributed by atoms with Crippen molar-refractivity contribution in [2.24, 2.45) is 0 Å². The molecule has 0 bridgehead atoms. The first-order valence-electron chi connectivity index (χ1n) is 51.7. The van der Waals surface area contributed by atoms with E-state index in [9.17, 15) is 0 Å². The molecule has 3 nitrogen and oxygen atoms in total. The topological polar surface area (TPSA) is 38.7 Å². The Morgan fingerprint density at radius 1 is 0.0867 bits per heavy atom. The first kappa shape index (κ1) is 86.9. The zero-order valence-electron chi connectivity index (χ0n) is 81.9. The van der Waals surface area contributed by atoms with Gasteiger partial charge in [0, 0.05) is 22.1 Å². The summed E-state index contributed by atoms with van der Waals surface area (Å²) in [7, 11) is 0. The minimum atomic E-state index is 0.646. The number of hydrogen-bond acceptors (Lipinski definition) is 3. The molecule has 3 heteroatoms. The standard InChI is InChI=1S/C51H31N3.2C48H30/c1-3-16-36(17-4-1)49-52-50(37-18-5-2-6-19-37)54-51(53-49)48-43-30-28-33-14-8-11-21-40(33)46(43)45(42-29-27-34-15-9-12-22-41(34)47(42)48)38-26-25-35-24-23-32-13-7-10-20-39(32)44(35)31-38;1-2-11-31(12-3-1)36-16-10-17-37(29-36)45-42-27-25-34-15-6-9-20-41(34)48(42)46(43-28-26-33-14-5-8-19-40(33)47(43)45)38-24-23-35-22-21-32-13-4-7-18-39(32)44(35)30-38;1-2-10-31(11-3-1)32-18-23-37(24-19-32)45-42-28-26-35-14-6-9-17-41(35)48(42)46(43-29-27-34-13-5-8-16-40(34)47(43)45)38-25-22-36-21-20-33-12-4-7-15-39(33)44(36)30-38/h1-31H;2*1-30H. The molecule has 31 aromatic rings. The lowest BCUT2D eigenvalue weighted by molar-refractivity contribution is 1.08. The Morgan fingerprint density at radius 2 is 0.267 bits per heavy atom. The molecule has 0 fully saturated rings. The lowest BCUT2D eigenvalue weighted by Crippen LogP contribution is -2.02. The number of aromatic nitrogens is 3. The maximum Gasteiger partial charge on any atom is 0.165 e. The summed E-state index contributed by atoms with van der Waals surface area (Å²) in [6.45, 7) is 0. The third-order valence-corrected chi connectivity index (χ3v) is 31.3. The molecule has 0 atom stereocenters. The van der Waals surface area contributed by atoms with E-state index in [1.54, 1.807) is 0 Å². The molecule has 0 saturated carbocycles. The number of benzene rings is 30. The van der Waals surface area contributed by atoms with Crippen LogP contribution in [0.3, 0.4) is 0 Å². The second kappa shape index (κ2) is 36.2. The summed E-state index contributed by atoms with van der Waals surface area (Å²) in [5.74, 6) is 1.94. The van der Waals surface area contributed by atoms with Crippen molar-refractivity contribution in [3.05, 3.63) is 552 Å². The largest absolute Gasteiger partial charge is 0.208 e. The minimum Gasteiger partial charge on any atom is -0.208 e. The molecule has 0 saturated heterocycles. The molecule has 694 valence electrons. The third kappa shape index (κ3) is 14.8. The van der Waals surface area contributed by atoms with Crippen LogP contribution in [0.5, 0.6) is 0 Å². The van der Waals surface area contributed by atoms with Gasteiger partial charge in [-0.25, -0.2) is 15.0 Å². The average Bonchev–Trinajstić information content (AvgIpc) is 0.688. The Kier molecular flexibility index (Phi) is 21.0. The van der Waals surface area contributed by atoms with Gasteiger partial charge in [0.25, 0.3) is 0 Å². The van der Waals surface area contributed by atoms with Crippen molar-refractivity contribution in [3.8, 4) is 112 Å². The molecule has 1 heterocycles. The van der Waals surface area contributed by atoms with Crippen molar-refractivity contribution in [2.75, 3.05) is 0 Å². The summed E-state index contributed by atoms with van der Waals surface area (Å²) >= 11 is 0. The summed E-state index contributed by atoms with van der Waals surface area (Å²) in [5.41, 5.74) is 20.3. The van der Waals surface area contributed by atoms with E-state index in [-0.39, 0.29) is 0 Å². The van der Waals surface area contributed by atoms with Gasteiger partial charge < -0.3 is 0 Å². The summed E-state index contributed by atoms with van der Waals surface area (Å²) in [5, 5.41) is 44.9. The summed E-state index contributed by atoms with van der Waals surface area (Å²) in [6, 6.07) is 201. The molecule has 0 radical (unpaired) electrons. The van der Waals surface area contributed by atoms with Crippen molar-refractivity contribution in [1.29, 1.82) is 0 Å². The van der Waals surface area contributed by atoms with E-state index >= 15 is 0 Å². The van der Waals surface area contributed by atoms with Crippen molar-refractivity contribution in [1.82, 2.24) is 15.0 Å². The fourth-order valence-corrected chi connectivity index (χ4v) is 24.4. The van der Waals surface area contributed by atoms with E-state index in [0.29, 0.717) is 17.5 Å². The fourth-order valence-electron chi connectivity index (χ4n) is 24.4. The number of hydrogen-bond donors (Lipinski definition) is 0. The lowest BCUT2D eigenvalue weighted by Gasteiger charge is -2.21. The van der Waals surface area contributed by atoms with Gasteiger partial charge in [0.05, 0.1) is 0 Å². The van der Waals surface area contributed by atoms with Crippen LogP contribution < -0.4 is 0 Å². The first-order valence-corrected chi connectivity index (χ1v) is 51.7. The summed E-state index contributed by atoms with van der Waals surface area (Å²) < 4.78 is 0. The molecule has 0 spiro atoms. The summed E-state index contributed by atoms with van der Waals surface area (Å²) in [4.78, 5) is 15.8. The molecule has 31 rings (SSSR count). The van der Waals surface area contributed by atoms with Gasteiger partial charge in [-0.3, -0.25) is 0 Å². The monoisotopic (exact) mass is 1900 g/mol. The molecule has 0 unspecified atom stereocenters. The minimum absolute atomic E-state index is 0.646. The highest BCUT2D eigenvalue weighted by Crippen LogP contribution is 2.55. The average molecular weight is 1900 g/mol. The first-order chi connectivity index (χ1) is 74.4. The van der Waals surface area contributed by atoms with Gasteiger partial charge in [-0.1, -0.05) is 528 Å². The quantitative estimate of drug-likeness (QED) is 0.101. The Morgan fingerprint density at radius 3 is 0.573 bits per heavy atom. The van der Waals surface area contributed by atoms with Crippen LogP contribution >= 0.6 is 0 Å². The highest BCUT2D eigenvalue weighted by Gasteiger charge is 2.29. The zero-order valence-corrected chi connectivity index (χ0v) is 81.9. The highest BCUT2D eigenvalue weighted by molar-refractivity contribution is 6.37. The maximum atomic E-state index is 5.34. The molecule has 0 N–H and O–H groups in total. The number of rotatable bonds is 10. The normalized spacial score (nSPS) is 11.7. The number of fused-ring (bicyclic) bond motifs is 27. The van der Waals surface area contributed by atoms with Gasteiger partial charge in [-0.05, 0) is 291 Å². The molecule has 0 aliphatic carbocycles. The van der Waals surface area contributed by atoms with Crippen molar-refractivity contribution >= 4 is 194 Å². The zero-order chi connectivity index (χ0) is 98.8. The van der Waals surface area contributed by atoms with Crippen molar-refractivity contribution in [3.63, 3.8) is 0 Å². The Balaban J connectivity index is 0.000000106. The Bertz CT molecular complexity index is 10900. The van der Waals surface area contributed by atoms with Crippen LogP contribution in [0.4, 0.5) is 0 Å². The van der Waals surface area contributed by atoms with Crippen LogP contribution in [-0.2, 0) is 0 Å². The van der Waals surface area contributed by atoms with Gasteiger partial charge in [-0.2, -0.15) is 0 Å². The summed E-state index contributed by atoms with van der Waals surface area (Å²) in [6.07, 6.45) is 0. The van der Waals surface area contributed by atoms with E-state index in [0.717, 1.165) is 38.2 Å². The lowest BCUT2D eigenvalue weighted by atomic mass is 9.81. The highest BCUT2D eigenvalue weighted by atomic mass is 15.0. The molecule has 0 aliphatic rings. The Labute approximate surface area is 866 Å². The van der Waals surface area contributed by atoms with Crippen LogP contribution in [0.15, 0.2) is 552 Å². The van der Waals surface area contributed by atoms with Crippen LogP contribution in [0.2, 0.25) is 0 Å². The van der Waals surface area contributed by atoms with E-state index in [1.165, 1.54) is 250 Å². The second-order valence-electron chi connectivity index (χ2n) is 39.6. The van der Waals surface area contributed by atoms with E-state index in [4.69, 9.17) is 15.0 Å². The van der Waals surface area contributed by atoms with Crippen LogP contribution in [0, 0.1) is 0 Å². The number of nitrogens with zero attached hydrogens (tertiary/aromatic N) is 3. The molecule has 1 aromatic heterocycles. The van der Waals surface area contributed by atoms with Crippen LogP contribution in [-0.4, -0.2) is 15.0 Å². The van der Waals surface area contributed by atoms with Crippen LogP contribution in [0.1, 0.15) is 0 Å². The van der Waals surface area contributed by atoms with E-state index < -0.39 is 0 Å². The van der Waals surface area contributed by atoms with E-state index in [2.05, 4.69) is 516 Å². The molecule has 150 heavy (non-hydrogen) atoms. The van der Waals surface area contributed by atoms with Crippen molar-refractivity contribution in [2.45, 2.75) is 0 Å². The maximum absolute atomic E-state index is 5.34. The van der Waals surface area contributed by atoms with Gasteiger partial charge in [-0.15, -0.1) is 0 Å². The fraction of sp³-hybridized carbons (Fsp3) is 0. The van der Waals surface area contributed by atoms with Gasteiger partial charge >= 0.3 is 0 Å². The molecular weight excluding hydrogens is 1810 g/mol. The SMILES string of the molecule is c1ccc(-c2ccc(-c3c4ccc5ccccc5c4c(-c4ccc5ccc6ccccc6c5c4)c4ccc5ccccc5c34)cc2)cc1.c1ccc(-c2cccc(-c3c4ccc5ccccc5c4c(-c4ccc5ccc6ccccc6c5c4)c4ccc5ccccc5c34)c2)cc1.c1ccc(-c2nc(-c3ccccc3)nc(-c3c4ccc5ccccc5c4c(-c4ccc5ccc6ccccc6c5c4)c4ccc5ccccc5c34)n2)cc1. The predicted octanol–water partition coefficient (Wildman–Crippen LogP) is 40.7. The Hall–Kier alpha value is -19.7. The molecule has 0 amide bonds.